The fourth-order valence-electron chi connectivity index (χ4n) is 0.342. The van der Waals surface area contributed by atoms with Crippen LogP contribution < -0.4 is 14.7 Å². The van der Waals surface area contributed by atoms with E-state index in [2.05, 4.69) is 6.07 Å². The third-order valence-electron chi connectivity index (χ3n) is 0.607. The first-order valence-corrected chi connectivity index (χ1v) is 4.10. The Morgan fingerprint density at radius 3 is 1.42 bits per heavy atom. The molecule has 0 N–H and O–H groups in total. The summed E-state index contributed by atoms with van der Waals surface area (Å²) in [6.07, 6.45) is 0. The van der Waals surface area contributed by atoms with Gasteiger partial charge in [0.15, 0.2) is 0 Å². The van der Waals surface area contributed by atoms with Gasteiger partial charge in [-0.15, -0.1) is 0 Å². The van der Waals surface area contributed by atoms with Crippen LogP contribution in [-0.2, 0) is 30.8 Å². The summed E-state index contributed by atoms with van der Waals surface area (Å²) in [5.74, 6) is 0. The van der Waals surface area contributed by atoms with E-state index >= 15 is 0 Å². The summed E-state index contributed by atoms with van der Waals surface area (Å²) < 4.78 is 8.55. The van der Waals surface area contributed by atoms with Crippen LogP contribution in [0.4, 0.5) is 0 Å². The first kappa shape index (κ1) is 14.7. The van der Waals surface area contributed by atoms with Crippen molar-refractivity contribution >= 4 is 7.82 Å². The van der Waals surface area contributed by atoms with Crippen molar-refractivity contribution in [1.82, 2.24) is 0 Å². The number of phosphoric acid groups is 1. The molecule has 12 heavy (non-hydrogen) atoms. The molecule has 1 aromatic rings. The van der Waals surface area contributed by atoms with Gasteiger partial charge in [-0.1, -0.05) is 0 Å². The Hall–Kier alpha value is 0.213. The minimum Gasteiger partial charge on any atom is -0.822 e. The average Bonchev–Trinajstić information content (AvgIpc) is 1.88. The van der Waals surface area contributed by atoms with E-state index in [1.54, 1.807) is 0 Å². The zero-order chi connectivity index (χ0) is 8.74. The molecule has 0 aliphatic heterocycles. The van der Waals surface area contributed by atoms with Gasteiger partial charge in [0.1, 0.15) is 0 Å². The number of benzene rings is 1. The van der Waals surface area contributed by atoms with E-state index in [4.69, 9.17) is 19.2 Å². The second-order valence-electron chi connectivity index (χ2n) is 1.52. The van der Waals surface area contributed by atoms with Gasteiger partial charge in [0.25, 0.3) is 0 Å². The number of hydrogen-bond acceptors (Lipinski definition) is 4. The third kappa shape index (κ3) is 22.5. The molecule has 0 aliphatic carbocycles. The zero-order valence-electron chi connectivity index (χ0n) is 5.97. The molecule has 0 amide bonds. The maximum Gasteiger partial charge on any atom is 4.00 e. The van der Waals surface area contributed by atoms with Crippen LogP contribution in [0.3, 0.4) is 0 Å². The summed E-state index contributed by atoms with van der Waals surface area (Å²) in [7, 11) is -5.39. The quantitative estimate of drug-likeness (QED) is 0.428. The molecular weight excluding hydrogens is 258 g/mol. The molecule has 0 radical (unpaired) electrons. The van der Waals surface area contributed by atoms with E-state index in [0.29, 0.717) is 0 Å². The Balaban J connectivity index is 0. The van der Waals surface area contributed by atoms with Crippen molar-refractivity contribution in [3.63, 3.8) is 0 Å². The third-order valence-corrected chi connectivity index (χ3v) is 0.607. The predicted molar refractivity (Wildman–Crippen MR) is 32.9 cm³/mol. The van der Waals surface area contributed by atoms with Gasteiger partial charge in [-0.3, -0.25) is 0 Å². The Bertz CT molecular complexity index is 187. The van der Waals surface area contributed by atoms with E-state index in [9.17, 15) is 0 Å². The largest absolute Gasteiger partial charge is 4.00 e. The second-order valence-corrected chi connectivity index (χ2v) is 2.42. The van der Waals surface area contributed by atoms with Crippen LogP contribution in [0, 0.1) is 6.07 Å². The van der Waals surface area contributed by atoms with Crippen molar-refractivity contribution in [3.8, 4) is 0 Å². The SMILES string of the molecule is O=P([O-])([O-])[O-].[Zr+4].[c-]1ccccc1. The van der Waals surface area contributed by atoms with Crippen molar-refractivity contribution in [2.75, 3.05) is 0 Å². The molecule has 0 fully saturated rings. The van der Waals surface area contributed by atoms with Crippen molar-refractivity contribution in [2.45, 2.75) is 0 Å². The summed E-state index contributed by atoms with van der Waals surface area (Å²) in [4.78, 5) is 25.6. The Morgan fingerprint density at radius 2 is 1.33 bits per heavy atom. The summed E-state index contributed by atoms with van der Waals surface area (Å²) in [6.45, 7) is 0. The Morgan fingerprint density at radius 1 is 1.00 bits per heavy atom. The van der Waals surface area contributed by atoms with E-state index in [1.807, 2.05) is 30.3 Å². The Labute approximate surface area is 89.6 Å². The minimum atomic E-state index is -5.39. The normalized spacial score (nSPS) is 8.92. The van der Waals surface area contributed by atoms with Gasteiger partial charge in [-0.2, -0.15) is 44.2 Å². The predicted octanol–water partition coefficient (Wildman–Crippen LogP) is -1.34. The molecule has 0 heterocycles. The fraction of sp³-hybridized carbons (Fsp3) is 0. The van der Waals surface area contributed by atoms with E-state index in [0.717, 1.165) is 0 Å². The maximum atomic E-state index is 8.55. The van der Waals surface area contributed by atoms with Crippen molar-refractivity contribution in [1.29, 1.82) is 0 Å². The molecule has 0 unspecified atom stereocenters. The molecule has 0 saturated carbocycles. The molecule has 0 atom stereocenters. The minimum absolute atomic E-state index is 0. The van der Waals surface area contributed by atoms with E-state index < -0.39 is 7.82 Å². The van der Waals surface area contributed by atoms with Crippen LogP contribution in [0.15, 0.2) is 30.3 Å². The summed E-state index contributed by atoms with van der Waals surface area (Å²) >= 11 is 0. The molecule has 0 saturated heterocycles. The van der Waals surface area contributed by atoms with Crippen LogP contribution >= 0.6 is 7.82 Å². The van der Waals surface area contributed by atoms with Crippen molar-refractivity contribution < 1.29 is 45.4 Å². The van der Waals surface area contributed by atoms with Gasteiger partial charge in [0, 0.05) is 0 Å². The molecular formula is C6H5O4PZr. The molecule has 1 rings (SSSR count). The first-order valence-electron chi connectivity index (χ1n) is 2.64. The van der Waals surface area contributed by atoms with Gasteiger partial charge in [0.05, 0.1) is 0 Å². The number of rotatable bonds is 0. The molecule has 1 aromatic carbocycles. The fourth-order valence-corrected chi connectivity index (χ4v) is 0.342. The summed E-state index contributed by atoms with van der Waals surface area (Å²) in [6, 6.07) is 12.5. The van der Waals surface area contributed by atoms with Crippen LogP contribution in [0.25, 0.3) is 0 Å². The van der Waals surface area contributed by atoms with Crippen molar-refractivity contribution in [2.24, 2.45) is 0 Å². The molecule has 0 aromatic heterocycles. The average molecular weight is 263 g/mol. The summed E-state index contributed by atoms with van der Waals surface area (Å²) in [5, 5.41) is 0. The van der Waals surface area contributed by atoms with Gasteiger partial charge in [-0.05, 0) is 0 Å². The Kier molecular flexibility index (Phi) is 9.62. The van der Waals surface area contributed by atoms with Crippen LogP contribution in [-0.4, -0.2) is 0 Å². The van der Waals surface area contributed by atoms with E-state index in [1.165, 1.54) is 0 Å². The van der Waals surface area contributed by atoms with Crippen LogP contribution in [0.5, 0.6) is 0 Å². The van der Waals surface area contributed by atoms with Gasteiger partial charge < -0.3 is 19.2 Å². The molecule has 6 heteroatoms. The van der Waals surface area contributed by atoms with Gasteiger partial charge in [-0.25, -0.2) is 0 Å². The molecule has 62 valence electrons. The molecule has 4 nitrogen and oxygen atoms in total. The standard InChI is InChI=1S/C6H5.H3O4P.Zr/c1-2-4-6-5-3-1;1-5(2,3)4;/h1-5H;(H3,1,2,3,4);/q-1;;+4/p-3. The van der Waals surface area contributed by atoms with Gasteiger partial charge >= 0.3 is 26.2 Å². The van der Waals surface area contributed by atoms with Gasteiger partial charge in [0.2, 0.25) is 0 Å². The van der Waals surface area contributed by atoms with E-state index in [-0.39, 0.29) is 26.2 Å². The zero-order valence-corrected chi connectivity index (χ0v) is 9.32. The van der Waals surface area contributed by atoms with Crippen LogP contribution in [0.2, 0.25) is 0 Å². The topological polar surface area (TPSA) is 86.2 Å². The first-order chi connectivity index (χ1) is 5.00. The number of hydrogen-bond donors (Lipinski definition) is 0. The summed E-state index contributed by atoms with van der Waals surface area (Å²) in [5.41, 5.74) is 0. The molecule has 0 spiro atoms. The molecule has 0 bridgehead atoms. The van der Waals surface area contributed by atoms with Crippen LogP contribution in [0.1, 0.15) is 0 Å². The second kappa shape index (κ2) is 7.84. The molecule has 0 aliphatic rings. The maximum absolute atomic E-state index is 8.55. The smallest absolute Gasteiger partial charge is 0.822 e. The van der Waals surface area contributed by atoms with Crippen molar-refractivity contribution in [3.05, 3.63) is 36.4 Å². The monoisotopic (exact) mass is 262 g/mol.